The van der Waals surface area contributed by atoms with Gasteiger partial charge >= 0.3 is 173 Å². The standard InChI is InChI=1S/C19H23S3.3CH3.Sn/c1-12(2)11-22(6,7)17-10-16-14(4)19-15(8-9-21(19)5)13(3)18(16)20-17;;;;/h8,10H,1,5,11H2,2-4,6-7H3;3*1H3;. The van der Waals surface area contributed by atoms with E-state index in [2.05, 4.69) is 72.7 Å². The average molecular weight is 511 g/mol. The number of hydrogen-bond acceptors (Lipinski definition) is 1. The van der Waals surface area contributed by atoms with Gasteiger partial charge in [0.2, 0.25) is 0 Å². The van der Waals surface area contributed by atoms with Gasteiger partial charge in [-0.2, -0.15) is 0 Å². The summed E-state index contributed by atoms with van der Waals surface area (Å²) >= 11 is -0.0813. The fourth-order valence-corrected chi connectivity index (χ4v) is 19.0. The van der Waals surface area contributed by atoms with Crippen LogP contribution in [0.4, 0.5) is 0 Å². The Morgan fingerprint density at radius 1 is 1.19 bits per heavy atom. The van der Waals surface area contributed by atoms with Crippen molar-refractivity contribution in [1.29, 1.82) is 0 Å². The summed E-state index contributed by atoms with van der Waals surface area (Å²) in [6, 6.07) is 2.50. The summed E-state index contributed by atoms with van der Waals surface area (Å²) < 4.78 is 4.76. The Balaban J connectivity index is 2.25. The Morgan fingerprint density at radius 2 is 1.81 bits per heavy atom. The fraction of sp³-hybridized carbons (Fsp3) is 0.409. The first-order valence-electron chi connectivity index (χ1n) is 9.03. The molecule has 0 saturated heterocycles. The molecule has 4 heteroatoms. The van der Waals surface area contributed by atoms with E-state index in [4.69, 9.17) is 0 Å². The van der Waals surface area contributed by atoms with E-state index in [1.807, 2.05) is 11.3 Å². The van der Waals surface area contributed by atoms with Crippen LogP contribution in [0.25, 0.3) is 16.2 Å². The molecular weight excluding hydrogens is 479 g/mol. The Morgan fingerprint density at radius 3 is 2.35 bits per heavy atom. The van der Waals surface area contributed by atoms with Crippen LogP contribution in [0.2, 0.25) is 14.8 Å². The van der Waals surface area contributed by atoms with Crippen molar-refractivity contribution in [3.8, 4) is 0 Å². The molecule has 1 aliphatic rings. The van der Waals surface area contributed by atoms with E-state index in [0.717, 1.165) is 5.75 Å². The second-order valence-electron chi connectivity index (χ2n) is 9.09. The first kappa shape index (κ1) is 20.8. The molecule has 0 amide bonds. The molecule has 1 aromatic carbocycles. The average Bonchev–Trinajstić information content (AvgIpc) is 3.05. The summed E-state index contributed by atoms with van der Waals surface area (Å²) in [4.78, 5) is 9.10. The normalized spacial score (nSPS) is 18.2. The van der Waals surface area contributed by atoms with Gasteiger partial charge in [-0.25, -0.2) is 0 Å². The SMILES string of the molecule is C=C(C)CS(C)(C)c1cc2c(C)c3c(c(C)c2s1)C=[C]([Sn]([CH3])([CH3])[CH3])S3=C. The van der Waals surface area contributed by atoms with Crippen molar-refractivity contribution >= 4 is 72.3 Å². The van der Waals surface area contributed by atoms with E-state index in [-0.39, 0.29) is 10.5 Å². The Bertz CT molecular complexity index is 981. The monoisotopic (exact) mass is 512 g/mol. The molecular formula is C22H32S3Sn. The molecule has 142 valence electrons. The Hall–Kier alpha value is 0.0287. The van der Waals surface area contributed by atoms with Crippen molar-refractivity contribution in [2.75, 3.05) is 18.3 Å². The van der Waals surface area contributed by atoms with E-state index < -0.39 is 28.4 Å². The zero-order valence-corrected chi connectivity index (χ0v) is 22.8. The van der Waals surface area contributed by atoms with Crippen molar-refractivity contribution in [3.63, 3.8) is 0 Å². The van der Waals surface area contributed by atoms with Gasteiger partial charge in [0, 0.05) is 0 Å². The maximum absolute atomic E-state index is 4.64. The molecule has 3 rings (SSSR count). The van der Waals surface area contributed by atoms with Crippen LogP contribution < -0.4 is 0 Å². The van der Waals surface area contributed by atoms with Crippen molar-refractivity contribution in [2.45, 2.75) is 44.7 Å². The molecule has 1 unspecified atom stereocenters. The zero-order chi connectivity index (χ0) is 19.6. The van der Waals surface area contributed by atoms with E-state index in [1.165, 1.54) is 37.2 Å². The third-order valence-electron chi connectivity index (χ3n) is 5.12. The molecule has 0 fully saturated rings. The summed E-state index contributed by atoms with van der Waals surface area (Å²) in [5.74, 6) is 5.76. The van der Waals surface area contributed by atoms with Gasteiger partial charge in [-0.3, -0.25) is 0 Å². The van der Waals surface area contributed by atoms with Gasteiger partial charge in [0.25, 0.3) is 0 Å². The molecule has 0 spiro atoms. The van der Waals surface area contributed by atoms with Crippen molar-refractivity contribution < 1.29 is 0 Å². The first-order chi connectivity index (χ1) is 11.8. The molecule has 2 aromatic rings. The third kappa shape index (κ3) is 3.42. The number of aryl methyl sites for hydroxylation is 2. The van der Waals surface area contributed by atoms with E-state index in [9.17, 15) is 0 Å². The van der Waals surface area contributed by atoms with Crippen LogP contribution in [-0.4, -0.2) is 42.5 Å². The molecule has 26 heavy (non-hydrogen) atoms. The van der Waals surface area contributed by atoms with Gasteiger partial charge in [0.15, 0.2) is 0 Å². The number of fused-ring (bicyclic) bond motifs is 2. The second-order valence-corrected chi connectivity index (χ2v) is 31.3. The van der Waals surface area contributed by atoms with Crippen LogP contribution in [-0.2, 0) is 0 Å². The van der Waals surface area contributed by atoms with Gasteiger partial charge < -0.3 is 0 Å². The predicted molar refractivity (Wildman–Crippen MR) is 133 cm³/mol. The van der Waals surface area contributed by atoms with E-state index >= 15 is 0 Å². The number of hydrogen-bond donors (Lipinski definition) is 0. The maximum atomic E-state index is 4.64. The number of thiophene rings is 1. The Kier molecular flexibility index (Phi) is 5.44. The minimum atomic E-state index is -2.11. The molecule has 0 aliphatic carbocycles. The Labute approximate surface area is 171 Å². The van der Waals surface area contributed by atoms with Crippen molar-refractivity contribution in [3.05, 3.63) is 37.8 Å². The molecule has 0 saturated carbocycles. The molecule has 0 bridgehead atoms. The minimum absolute atomic E-state index is 0.0478. The van der Waals surface area contributed by atoms with Crippen LogP contribution in [0.3, 0.4) is 0 Å². The molecule has 1 atom stereocenters. The van der Waals surface area contributed by atoms with Crippen LogP contribution >= 0.6 is 31.8 Å². The molecule has 0 N–H and O–H groups in total. The van der Waals surface area contributed by atoms with E-state index in [0.29, 0.717) is 0 Å². The molecule has 1 aromatic heterocycles. The van der Waals surface area contributed by atoms with Crippen LogP contribution in [0.15, 0.2) is 30.2 Å². The van der Waals surface area contributed by atoms with Gasteiger partial charge in [0.1, 0.15) is 0 Å². The number of benzene rings is 1. The molecule has 2 heterocycles. The summed E-state index contributed by atoms with van der Waals surface area (Å²) in [6.45, 7) is 11.0. The van der Waals surface area contributed by atoms with Crippen molar-refractivity contribution in [2.24, 2.45) is 0 Å². The first-order valence-corrected chi connectivity index (χ1v) is 23.8. The fourth-order valence-electron chi connectivity index (χ4n) is 3.89. The van der Waals surface area contributed by atoms with E-state index in [1.54, 1.807) is 7.13 Å². The van der Waals surface area contributed by atoms with Gasteiger partial charge in [-0.05, 0) is 0 Å². The third-order valence-corrected chi connectivity index (χ3v) is 22.7. The zero-order valence-electron chi connectivity index (χ0n) is 17.5. The summed E-state index contributed by atoms with van der Waals surface area (Å²) in [6.07, 6.45) is 7.40. The van der Waals surface area contributed by atoms with Gasteiger partial charge in [0.05, 0.1) is 0 Å². The molecule has 0 radical (unpaired) electrons. The van der Waals surface area contributed by atoms with Crippen LogP contribution in [0.5, 0.6) is 0 Å². The summed E-state index contributed by atoms with van der Waals surface area (Å²) in [5.41, 5.74) is 5.75. The van der Waals surface area contributed by atoms with Crippen LogP contribution in [0, 0.1) is 13.8 Å². The summed E-state index contributed by atoms with van der Waals surface area (Å²) in [7, 11) is -0.768. The number of rotatable bonds is 4. The molecule has 0 nitrogen and oxygen atoms in total. The molecule has 1 aliphatic heterocycles. The van der Waals surface area contributed by atoms with Gasteiger partial charge in [-0.1, -0.05) is 0 Å². The summed E-state index contributed by atoms with van der Waals surface area (Å²) in [5, 5.41) is 1.48. The van der Waals surface area contributed by atoms with Gasteiger partial charge in [-0.15, -0.1) is 0 Å². The predicted octanol–water partition coefficient (Wildman–Crippen LogP) is 7.81. The quantitative estimate of drug-likeness (QED) is 0.223. The topological polar surface area (TPSA) is 0 Å². The second kappa shape index (κ2) is 6.82. The van der Waals surface area contributed by atoms with Crippen LogP contribution in [0.1, 0.15) is 23.6 Å². The van der Waals surface area contributed by atoms with Crippen molar-refractivity contribution in [1.82, 2.24) is 0 Å².